The number of hydrogen-bond donors (Lipinski definition) is 3. The summed E-state index contributed by atoms with van der Waals surface area (Å²) >= 11 is 0. The first-order valence-corrected chi connectivity index (χ1v) is 16.3. The van der Waals surface area contributed by atoms with Crippen LogP contribution in [0.5, 0.6) is 0 Å². The summed E-state index contributed by atoms with van der Waals surface area (Å²) in [5.74, 6) is -0.138. The van der Waals surface area contributed by atoms with Gasteiger partial charge in [0.2, 0.25) is 5.91 Å². The molecule has 4 heteroatoms. The number of aliphatic hydroxyl groups excluding tert-OH is 2. The molecule has 0 rings (SSSR count). The number of rotatable bonds is 27. The molecule has 0 radical (unpaired) electrons. The van der Waals surface area contributed by atoms with Crippen molar-refractivity contribution in [3.8, 4) is 0 Å². The Morgan fingerprint density at radius 3 is 1.71 bits per heavy atom. The number of aliphatic hydroxyl groups is 2. The summed E-state index contributed by atoms with van der Waals surface area (Å²) in [5.41, 5.74) is 0. The molecule has 0 bridgehead atoms. The number of nitrogens with one attached hydrogen (secondary N) is 1. The van der Waals surface area contributed by atoms with Crippen molar-refractivity contribution >= 4 is 5.91 Å². The third-order valence-corrected chi connectivity index (χ3v) is 6.61. The summed E-state index contributed by atoms with van der Waals surface area (Å²) in [6.07, 6.45) is 46.6. The molecule has 4 nitrogen and oxygen atoms in total. The summed E-state index contributed by atoms with van der Waals surface area (Å²) in [4.78, 5) is 12.2. The monoisotopic (exact) mass is 567 g/mol. The Hall–Kier alpha value is -2.43. The Bertz CT molecular complexity index is 788. The van der Waals surface area contributed by atoms with Crippen LogP contribution in [0.2, 0.25) is 0 Å². The van der Waals surface area contributed by atoms with Crippen LogP contribution in [0.4, 0.5) is 0 Å². The molecule has 0 fully saturated rings. The zero-order valence-corrected chi connectivity index (χ0v) is 26.3. The number of carbonyl (C=O) groups is 1. The van der Waals surface area contributed by atoms with E-state index >= 15 is 0 Å². The summed E-state index contributed by atoms with van der Waals surface area (Å²) < 4.78 is 0. The second kappa shape index (κ2) is 32.1. The van der Waals surface area contributed by atoms with Crippen LogP contribution in [-0.2, 0) is 4.79 Å². The van der Waals surface area contributed by atoms with Gasteiger partial charge in [-0.25, -0.2) is 0 Å². The van der Waals surface area contributed by atoms with Crippen LogP contribution in [0.25, 0.3) is 0 Å². The maximum atomic E-state index is 12.2. The predicted molar refractivity (Wildman–Crippen MR) is 179 cm³/mol. The van der Waals surface area contributed by atoms with Crippen molar-refractivity contribution in [1.29, 1.82) is 0 Å². The Morgan fingerprint density at radius 2 is 1.10 bits per heavy atom. The number of amides is 1. The Labute approximate surface area is 252 Å². The van der Waals surface area contributed by atoms with Crippen molar-refractivity contribution in [2.75, 3.05) is 6.61 Å². The molecule has 0 saturated heterocycles. The Kier molecular flexibility index (Phi) is 30.2. The lowest BCUT2D eigenvalue weighted by Crippen LogP contribution is -2.45. The highest BCUT2D eigenvalue weighted by Crippen LogP contribution is 2.08. The van der Waals surface area contributed by atoms with Crippen LogP contribution in [-0.4, -0.2) is 34.9 Å². The number of allylic oxidation sites excluding steroid dienone is 13. The molecule has 2 unspecified atom stereocenters. The van der Waals surface area contributed by atoms with Crippen LogP contribution in [0.1, 0.15) is 123 Å². The highest BCUT2D eigenvalue weighted by Gasteiger charge is 2.17. The fourth-order valence-corrected chi connectivity index (χ4v) is 4.11. The number of hydrogen-bond acceptors (Lipinski definition) is 3. The first kappa shape index (κ1) is 38.6. The smallest absolute Gasteiger partial charge is 0.220 e. The Balaban J connectivity index is 3.88. The number of unbranched alkanes of at least 4 members (excludes halogenated alkanes) is 8. The third-order valence-electron chi connectivity index (χ3n) is 6.61. The maximum Gasteiger partial charge on any atom is 0.220 e. The van der Waals surface area contributed by atoms with E-state index in [2.05, 4.69) is 92.1 Å². The van der Waals surface area contributed by atoms with E-state index in [1.54, 1.807) is 6.08 Å². The van der Waals surface area contributed by atoms with Crippen molar-refractivity contribution < 1.29 is 15.0 Å². The predicted octanol–water partition coefficient (Wildman–Crippen LogP) is 9.39. The molecular formula is C37H61NO3. The lowest BCUT2D eigenvalue weighted by Gasteiger charge is -2.19. The molecule has 0 aromatic rings. The van der Waals surface area contributed by atoms with Gasteiger partial charge < -0.3 is 15.5 Å². The molecule has 2 atom stereocenters. The van der Waals surface area contributed by atoms with E-state index in [1.807, 2.05) is 6.08 Å². The molecule has 0 aromatic heterocycles. The molecule has 0 heterocycles. The minimum Gasteiger partial charge on any atom is -0.394 e. The quantitative estimate of drug-likeness (QED) is 0.0684. The summed E-state index contributed by atoms with van der Waals surface area (Å²) in [6.45, 7) is 4.10. The van der Waals surface area contributed by atoms with Gasteiger partial charge in [0.25, 0.3) is 0 Å². The van der Waals surface area contributed by atoms with Crippen molar-refractivity contribution in [3.05, 3.63) is 85.1 Å². The molecule has 1 amide bonds. The van der Waals surface area contributed by atoms with Crippen LogP contribution in [0.3, 0.4) is 0 Å². The standard InChI is InChI=1S/C37H61NO3/c1-3-5-7-9-11-13-15-17-18-19-20-21-23-25-27-29-31-33-37(41)38-35(34-39)36(40)32-30-28-26-24-22-16-14-12-10-8-6-4-2/h5,7,11,13,17-18,20-22,24-25,27,30,32,35-36,39-40H,3-4,6,8-10,12,14-16,19,23,26,28-29,31,33-34H2,1-2H3,(H,38,41)/b7-5-,13-11-,18-17-,21-20-,24-22+,27-25-,32-30+. The SMILES string of the molecule is CC/C=C\C/C=C\C/C=C\C/C=C\C/C=C\CCCC(=O)NC(CO)C(O)/C=C/CC/C=C/CCCCCCCC. The second-order valence-corrected chi connectivity index (χ2v) is 10.5. The van der Waals surface area contributed by atoms with E-state index in [1.165, 1.54) is 38.5 Å². The van der Waals surface area contributed by atoms with E-state index in [-0.39, 0.29) is 12.5 Å². The van der Waals surface area contributed by atoms with Gasteiger partial charge in [-0.05, 0) is 70.6 Å². The molecule has 232 valence electrons. The Morgan fingerprint density at radius 1 is 0.610 bits per heavy atom. The first-order chi connectivity index (χ1) is 20.2. The van der Waals surface area contributed by atoms with Gasteiger partial charge in [0.05, 0.1) is 18.8 Å². The lowest BCUT2D eigenvalue weighted by atomic mass is 10.1. The molecule has 0 saturated carbocycles. The van der Waals surface area contributed by atoms with Crippen LogP contribution in [0, 0.1) is 0 Å². The average Bonchev–Trinajstić information content (AvgIpc) is 2.97. The fourth-order valence-electron chi connectivity index (χ4n) is 4.11. The first-order valence-electron chi connectivity index (χ1n) is 16.3. The van der Waals surface area contributed by atoms with Gasteiger partial charge in [-0.3, -0.25) is 4.79 Å². The van der Waals surface area contributed by atoms with Crippen LogP contribution >= 0.6 is 0 Å². The van der Waals surface area contributed by atoms with Gasteiger partial charge in [0.15, 0.2) is 0 Å². The van der Waals surface area contributed by atoms with Crippen molar-refractivity contribution in [3.63, 3.8) is 0 Å². The molecular weight excluding hydrogens is 506 g/mol. The van der Waals surface area contributed by atoms with Gasteiger partial charge >= 0.3 is 0 Å². The van der Waals surface area contributed by atoms with E-state index < -0.39 is 12.1 Å². The second-order valence-electron chi connectivity index (χ2n) is 10.5. The lowest BCUT2D eigenvalue weighted by molar-refractivity contribution is -0.122. The highest BCUT2D eigenvalue weighted by atomic mass is 16.3. The zero-order chi connectivity index (χ0) is 30.1. The molecule has 0 aliphatic rings. The largest absolute Gasteiger partial charge is 0.394 e. The molecule has 0 aliphatic heterocycles. The van der Waals surface area contributed by atoms with Crippen molar-refractivity contribution in [1.82, 2.24) is 5.32 Å². The minimum atomic E-state index is -0.887. The van der Waals surface area contributed by atoms with Gasteiger partial charge in [0, 0.05) is 6.42 Å². The van der Waals surface area contributed by atoms with E-state index in [4.69, 9.17) is 0 Å². The molecule has 0 aliphatic carbocycles. The average molecular weight is 568 g/mol. The molecule has 0 spiro atoms. The summed E-state index contributed by atoms with van der Waals surface area (Å²) in [5, 5.41) is 22.7. The third kappa shape index (κ3) is 28.9. The summed E-state index contributed by atoms with van der Waals surface area (Å²) in [7, 11) is 0. The molecule has 41 heavy (non-hydrogen) atoms. The molecule has 3 N–H and O–H groups in total. The highest BCUT2D eigenvalue weighted by molar-refractivity contribution is 5.76. The topological polar surface area (TPSA) is 69.6 Å². The summed E-state index contributed by atoms with van der Waals surface area (Å²) in [6, 6.07) is -0.671. The normalized spacial score (nSPS) is 14.3. The van der Waals surface area contributed by atoms with Gasteiger partial charge in [-0.1, -0.05) is 131 Å². The van der Waals surface area contributed by atoms with Crippen molar-refractivity contribution in [2.24, 2.45) is 0 Å². The van der Waals surface area contributed by atoms with Crippen LogP contribution < -0.4 is 5.32 Å². The van der Waals surface area contributed by atoms with Gasteiger partial charge in [0.1, 0.15) is 0 Å². The number of carbonyl (C=O) groups excluding carboxylic acids is 1. The fraction of sp³-hybridized carbons (Fsp3) is 0.595. The van der Waals surface area contributed by atoms with E-state index in [0.29, 0.717) is 6.42 Å². The zero-order valence-electron chi connectivity index (χ0n) is 26.3. The maximum absolute atomic E-state index is 12.2. The van der Waals surface area contributed by atoms with Crippen molar-refractivity contribution in [2.45, 2.75) is 135 Å². The molecule has 0 aromatic carbocycles. The van der Waals surface area contributed by atoms with Crippen LogP contribution in [0.15, 0.2) is 85.1 Å². The van der Waals surface area contributed by atoms with Gasteiger partial charge in [-0.2, -0.15) is 0 Å². The van der Waals surface area contributed by atoms with E-state index in [9.17, 15) is 15.0 Å². The minimum absolute atomic E-state index is 0.138. The van der Waals surface area contributed by atoms with Gasteiger partial charge in [-0.15, -0.1) is 0 Å². The van der Waals surface area contributed by atoms with E-state index in [0.717, 1.165) is 64.2 Å².